The van der Waals surface area contributed by atoms with Gasteiger partial charge in [-0.3, -0.25) is 14.8 Å². The molecular weight excluding hydrogens is 520 g/mol. The van der Waals surface area contributed by atoms with Crippen molar-refractivity contribution in [3.8, 4) is 6.07 Å². The van der Waals surface area contributed by atoms with Gasteiger partial charge in [-0.2, -0.15) is 5.26 Å². The highest BCUT2D eigenvalue weighted by molar-refractivity contribution is 6.31. The summed E-state index contributed by atoms with van der Waals surface area (Å²) in [4.78, 5) is 23.7. The average molecular weight is 555 g/mol. The van der Waals surface area contributed by atoms with Crippen LogP contribution < -0.4 is 10.6 Å². The summed E-state index contributed by atoms with van der Waals surface area (Å²) in [6.45, 7) is 7.09. The summed E-state index contributed by atoms with van der Waals surface area (Å²) in [5.41, 5.74) is 5.92. The molecule has 8 heteroatoms. The van der Waals surface area contributed by atoms with E-state index in [0.717, 1.165) is 52.8 Å². The molecule has 7 nitrogen and oxygen atoms in total. The third kappa shape index (κ3) is 6.95. The summed E-state index contributed by atoms with van der Waals surface area (Å²) in [7, 11) is 3.98. The van der Waals surface area contributed by atoms with Crippen molar-refractivity contribution < 1.29 is 4.79 Å². The topological polar surface area (TPSA) is 93.9 Å². The molecule has 0 saturated heterocycles. The molecule has 2 heterocycles. The van der Waals surface area contributed by atoms with E-state index in [-0.39, 0.29) is 11.3 Å². The largest absolute Gasteiger partial charge is 0.354 e. The number of rotatable bonds is 10. The summed E-state index contributed by atoms with van der Waals surface area (Å²) >= 11 is 6.76. The standard InChI is InChI=1S/C32H35ClN6O/c1-21-15-28-25(17-27(21)38-30(40)10-8-14-39(4)5)31(23(19-34)20-36-28)37-24-12-11-22(26(33)16-24)18-32(2,3)29-9-6-7-13-35-29/h6-7,9,11-13,15-17,20H,8,10,14,18H2,1-5H3,(H,36,37)(H,38,40). The van der Waals surface area contributed by atoms with Crippen LogP contribution in [0, 0.1) is 18.3 Å². The van der Waals surface area contributed by atoms with Crippen molar-refractivity contribution in [3.63, 3.8) is 0 Å². The highest BCUT2D eigenvalue weighted by atomic mass is 35.5. The Morgan fingerprint density at radius 3 is 2.60 bits per heavy atom. The number of amides is 1. The molecule has 0 spiro atoms. The second kappa shape index (κ2) is 12.5. The van der Waals surface area contributed by atoms with Gasteiger partial charge in [0, 0.05) is 51.7 Å². The Morgan fingerprint density at radius 1 is 1.12 bits per heavy atom. The van der Waals surface area contributed by atoms with Gasteiger partial charge in [0.05, 0.1) is 16.8 Å². The van der Waals surface area contributed by atoms with E-state index in [4.69, 9.17) is 11.6 Å². The van der Waals surface area contributed by atoms with Crippen LogP contribution in [0.1, 0.15) is 49.1 Å². The van der Waals surface area contributed by atoms with Crippen LogP contribution >= 0.6 is 11.6 Å². The van der Waals surface area contributed by atoms with Crippen molar-refractivity contribution in [1.29, 1.82) is 5.26 Å². The average Bonchev–Trinajstić information content (AvgIpc) is 2.91. The van der Waals surface area contributed by atoms with Crippen molar-refractivity contribution in [2.75, 3.05) is 31.3 Å². The van der Waals surface area contributed by atoms with Crippen LogP contribution in [0.15, 0.2) is 60.9 Å². The van der Waals surface area contributed by atoms with Crippen LogP contribution in [-0.4, -0.2) is 41.4 Å². The molecule has 4 rings (SSSR count). The minimum Gasteiger partial charge on any atom is -0.354 e. The first kappa shape index (κ1) is 29.0. The molecule has 40 heavy (non-hydrogen) atoms. The number of hydrogen-bond acceptors (Lipinski definition) is 6. The van der Waals surface area contributed by atoms with Gasteiger partial charge in [0.25, 0.3) is 0 Å². The molecule has 0 bridgehead atoms. The van der Waals surface area contributed by atoms with E-state index in [9.17, 15) is 10.1 Å². The smallest absolute Gasteiger partial charge is 0.224 e. The van der Waals surface area contributed by atoms with Gasteiger partial charge in [-0.1, -0.05) is 37.6 Å². The molecule has 0 saturated carbocycles. The first-order valence-corrected chi connectivity index (χ1v) is 13.7. The lowest BCUT2D eigenvalue weighted by atomic mass is 9.82. The molecule has 2 aromatic heterocycles. The van der Waals surface area contributed by atoms with Crippen molar-refractivity contribution in [3.05, 3.63) is 88.3 Å². The molecule has 2 N–H and O–H groups in total. The van der Waals surface area contributed by atoms with Gasteiger partial charge in [-0.15, -0.1) is 0 Å². The third-order valence-corrected chi connectivity index (χ3v) is 7.28. The Kier molecular flexibility index (Phi) is 9.03. The number of anilines is 3. The summed E-state index contributed by atoms with van der Waals surface area (Å²) in [5.74, 6) is -0.0424. The lowest BCUT2D eigenvalue weighted by molar-refractivity contribution is -0.116. The number of benzene rings is 2. The molecular formula is C32H35ClN6O. The molecule has 0 fully saturated rings. The maximum Gasteiger partial charge on any atom is 0.224 e. The maximum absolute atomic E-state index is 12.6. The summed E-state index contributed by atoms with van der Waals surface area (Å²) in [5, 5.41) is 17.7. The molecule has 0 aliphatic heterocycles. The van der Waals surface area contributed by atoms with E-state index in [1.54, 1.807) is 12.4 Å². The molecule has 0 radical (unpaired) electrons. The number of carbonyl (C=O) groups excluding carboxylic acids is 1. The number of nitriles is 1. The minimum absolute atomic E-state index is 0.0424. The Balaban J connectivity index is 1.61. The van der Waals surface area contributed by atoms with Crippen LogP contribution in [0.3, 0.4) is 0 Å². The van der Waals surface area contributed by atoms with Crippen LogP contribution in [0.4, 0.5) is 17.1 Å². The second-order valence-corrected chi connectivity index (χ2v) is 11.4. The monoisotopic (exact) mass is 554 g/mol. The van der Waals surface area contributed by atoms with E-state index in [1.807, 2.05) is 69.6 Å². The summed E-state index contributed by atoms with van der Waals surface area (Å²) in [6.07, 6.45) is 5.30. The van der Waals surface area contributed by atoms with E-state index in [0.29, 0.717) is 28.4 Å². The number of pyridine rings is 2. The molecule has 2 aromatic carbocycles. The molecule has 0 aliphatic rings. The number of fused-ring (bicyclic) bond motifs is 1. The van der Waals surface area contributed by atoms with Gasteiger partial charge in [0.1, 0.15) is 6.07 Å². The van der Waals surface area contributed by atoms with Crippen LogP contribution in [0.25, 0.3) is 10.9 Å². The Labute approximate surface area is 241 Å². The van der Waals surface area contributed by atoms with Crippen molar-refractivity contribution >= 4 is 45.5 Å². The van der Waals surface area contributed by atoms with Crippen molar-refractivity contribution in [2.45, 2.75) is 45.4 Å². The Bertz CT molecular complexity index is 1560. The first-order valence-electron chi connectivity index (χ1n) is 13.3. The quantitative estimate of drug-likeness (QED) is 0.219. The van der Waals surface area contributed by atoms with Crippen molar-refractivity contribution in [2.24, 2.45) is 0 Å². The minimum atomic E-state index is -0.194. The zero-order valence-corrected chi connectivity index (χ0v) is 24.4. The third-order valence-electron chi connectivity index (χ3n) is 6.93. The van der Waals surface area contributed by atoms with Gasteiger partial charge in [-0.25, -0.2) is 0 Å². The lowest BCUT2D eigenvalue weighted by Crippen LogP contribution is -2.22. The fourth-order valence-corrected chi connectivity index (χ4v) is 4.96. The predicted octanol–water partition coefficient (Wildman–Crippen LogP) is 7.01. The molecule has 0 atom stereocenters. The molecule has 0 unspecified atom stereocenters. The highest BCUT2D eigenvalue weighted by Gasteiger charge is 2.24. The second-order valence-electron chi connectivity index (χ2n) is 11.0. The van der Waals surface area contributed by atoms with Crippen LogP contribution in [0.2, 0.25) is 5.02 Å². The number of halogens is 1. The van der Waals surface area contributed by atoms with Crippen LogP contribution in [0.5, 0.6) is 0 Å². The number of aromatic nitrogens is 2. The molecule has 0 aliphatic carbocycles. The fourth-order valence-electron chi connectivity index (χ4n) is 4.71. The van der Waals surface area contributed by atoms with E-state index >= 15 is 0 Å². The molecule has 4 aromatic rings. The number of nitrogens with zero attached hydrogens (tertiary/aromatic N) is 4. The number of nitrogens with one attached hydrogen (secondary N) is 2. The van der Waals surface area contributed by atoms with Gasteiger partial charge < -0.3 is 15.5 Å². The number of hydrogen-bond donors (Lipinski definition) is 2. The Morgan fingerprint density at radius 2 is 1.93 bits per heavy atom. The number of aryl methyl sites for hydroxylation is 1. The number of carbonyl (C=O) groups is 1. The molecule has 1 amide bonds. The zero-order chi connectivity index (χ0) is 28.9. The lowest BCUT2D eigenvalue weighted by Gasteiger charge is -2.25. The maximum atomic E-state index is 12.6. The summed E-state index contributed by atoms with van der Waals surface area (Å²) < 4.78 is 0. The predicted molar refractivity (Wildman–Crippen MR) is 163 cm³/mol. The van der Waals surface area contributed by atoms with Crippen molar-refractivity contribution in [1.82, 2.24) is 14.9 Å². The first-order chi connectivity index (χ1) is 19.1. The van der Waals surface area contributed by atoms with Gasteiger partial charge in [0.2, 0.25) is 5.91 Å². The van der Waals surface area contributed by atoms with E-state index in [2.05, 4.69) is 45.4 Å². The highest BCUT2D eigenvalue weighted by Crippen LogP contribution is 2.35. The van der Waals surface area contributed by atoms with Gasteiger partial charge in [-0.05, 0) is 87.9 Å². The van der Waals surface area contributed by atoms with Gasteiger partial charge >= 0.3 is 0 Å². The van der Waals surface area contributed by atoms with E-state index < -0.39 is 0 Å². The normalized spacial score (nSPS) is 11.4. The SMILES string of the molecule is Cc1cc2ncc(C#N)c(Nc3ccc(CC(C)(C)c4ccccn4)c(Cl)c3)c2cc1NC(=O)CCCN(C)C. The fraction of sp³-hybridized carbons (Fsp3) is 0.312. The van der Waals surface area contributed by atoms with E-state index in [1.165, 1.54) is 0 Å². The van der Waals surface area contributed by atoms with Crippen LogP contribution in [-0.2, 0) is 16.6 Å². The summed E-state index contributed by atoms with van der Waals surface area (Å²) in [6, 6.07) is 17.8. The molecule has 206 valence electrons. The Hall–Kier alpha value is -3.99. The zero-order valence-electron chi connectivity index (χ0n) is 23.7. The van der Waals surface area contributed by atoms with Gasteiger partial charge in [0.15, 0.2) is 0 Å².